The minimum atomic E-state index is -0.0792. The van der Waals surface area contributed by atoms with Crippen molar-refractivity contribution in [2.24, 2.45) is 0 Å². The molecule has 1 aromatic rings. The van der Waals surface area contributed by atoms with Crippen molar-refractivity contribution in [3.05, 3.63) is 29.8 Å². The molecule has 1 aliphatic rings. The monoisotopic (exact) mass is 286 g/mol. The molecule has 5 nitrogen and oxygen atoms in total. The Balaban J connectivity index is 1.95. The first-order chi connectivity index (χ1) is 10.1. The lowest BCUT2D eigenvalue weighted by Crippen LogP contribution is -2.36. The lowest BCUT2D eigenvalue weighted by atomic mass is 10.1. The standard InChI is InChI=1S/C16H22N4O/c1-19(2)15-7-4-9-20(10-8-15)16(21)18-14-6-3-5-13(11-14)12-17/h3,5-6,11,15H,4,7-10H2,1-2H3,(H,18,21)/t15-/m1/s1. The normalized spacial score (nSPS) is 19.0. The Labute approximate surface area is 126 Å². The highest BCUT2D eigenvalue weighted by Gasteiger charge is 2.21. The Kier molecular flexibility index (Phi) is 5.18. The maximum absolute atomic E-state index is 12.3. The van der Waals surface area contributed by atoms with E-state index >= 15 is 0 Å². The van der Waals surface area contributed by atoms with E-state index in [-0.39, 0.29) is 6.03 Å². The molecule has 112 valence electrons. The van der Waals surface area contributed by atoms with Crippen LogP contribution in [0.2, 0.25) is 0 Å². The number of anilines is 1. The fourth-order valence-corrected chi connectivity index (χ4v) is 2.67. The second kappa shape index (κ2) is 7.09. The van der Waals surface area contributed by atoms with Gasteiger partial charge in [-0.1, -0.05) is 6.07 Å². The number of rotatable bonds is 2. The summed E-state index contributed by atoms with van der Waals surface area (Å²) in [6, 6.07) is 9.54. The average molecular weight is 286 g/mol. The molecule has 1 saturated heterocycles. The van der Waals surface area contributed by atoms with Crippen molar-refractivity contribution in [2.45, 2.75) is 25.3 Å². The molecule has 1 aliphatic heterocycles. The molecule has 0 aromatic heterocycles. The van der Waals surface area contributed by atoms with Crippen LogP contribution in [0.4, 0.5) is 10.5 Å². The highest BCUT2D eigenvalue weighted by Crippen LogP contribution is 2.16. The third-order valence-electron chi connectivity index (χ3n) is 3.96. The molecule has 0 bridgehead atoms. The first kappa shape index (κ1) is 15.3. The highest BCUT2D eigenvalue weighted by molar-refractivity contribution is 5.89. The summed E-state index contributed by atoms with van der Waals surface area (Å²) < 4.78 is 0. The lowest BCUT2D eigenvalue weighted by molar-refractivity contribution is 0.210. The summed E-state index contributed by atoms with van der Waals surface area (Å²) in [6.07, 6.45) is 3.15. The quantitative estimate of drug-likeness (QED) is 0.908. The molecule has 1 heterocycles. The zero-order chi connectivity index (χ0) is 15.2. The fraction of sp³-hybridized carbons (Fsp3) is 0.500. The van der Waals surface area contributed by atoms with E-state index in [0.29, 0.717) is 17.3 Å². The molecule has 2 rings (SSSR count). The minimum Gasteiger partial charge on any atom is -0.324 e. The first-order valence-corrected chi connectivity index (χ1v) is 7.32. The van der Waals surface area contributed by atoms with Gasteiger partial charge in [0, 0.05) is 24.8 Å². The molecule has 5 heteroatoms. The molecule has 0 unspecified atom stereocenters. The molecule has 21 heavy (non-hydrogen) atoms. The molecule has 1 N–H and O–H groups in total. The van der Waals surface area contributed by atoms with Crippen LogP contribution in [0.3, 0.4) is 0 Å². The van der Waals surface area contributed by atoms with Gasteiger partial charge in [0.15, 0.2) is 0 Å². The Morgan fingerprint density at radius 3 is 2.90 bits per heavy atom. The van der Waals surface area contributed by atoms with Gasteiger partial charge in [-0.15, -0.1) is 0 Å². The maximum Gasteiger partial charge on any atom is 0.321 e. The van der Waals surface area contributed by atoms with Gasteiger partial charge in [0.05, 0.1) is 11.6 Å². The van der Waals surface area contributed by atoms with Gasteiger partial charge in [0.1, 0.15) is 0 Å². The van der Waals surface area contributed by atoms with E-state index in [1.165, 1.54) is 0 Å². The van der Waals surface area contributed by atoms with E-state index in [9.17, 15) is 4.79 Å². The smallest absolute Gasteiger partial charge is 0.321 e. The van der Waals surface area contributed by atoms with E-state index in [0.717, 1.165) is 32.4 Å². The third kappa shape index (κ3) is 4.20. The first-order valence-electron chi connectivity index (χ1n) is 7.32. The predicted octanol–water partition coefficient (Wildman–Crippen LogP) is 2.51. The van der Waals surface area contributed by atoms with Crippen molar-refractivity contribution in [3.63, 3.8) is 0 Å². The average Bonchev–Trinajstić information content (AvgIpc) is 2.73. The number of nitrogens with zero attached hydrogens (tertiary/aromatic N) is 3. The summed E-state index contributed by atoms with van der Waals surface area (Å²) in [5, 5.41) is 11.8. The number of urea groups is 1. The predicted molar refractivity (Wildman–Crippen MR) is 83.1 cm³/mol. The topological polar surface area (TPSA) is 59.4 Å². The van der Waals surface area contributed by atoms with Gasteiger partial charge in [-0.2, -0.15) is 5.26 Å². The van der Waals surface area contributed by atoms with Crippen molar-refractivity contribution < 1.29 is 4.79 Å². The number of hydrogen-bond donors (Lipinski definition) is 1. The maximum atomic E-state index is 12.3. The van der Waals surface area contributed by atoms with E-state index in [1.807, 2.05) is 4.90 Å². The Morgan fingerprint density at radius 2 is 2.19 bits per heavy atom. The number of amides is 2. The van der Waals surface area contributed by atoms with Crippen LogP contribution in [0.25, 0.3) is 0 Å². The molecule has 0 radical (unpaired) electrons. The number of carbonyl (C=O) groups excluding carboxylic acids is 1. The Morgan fingerprint density at radius 1 is 1.38 bits per heavy atom. The third-order valence-corrected chi connectivity index (χ3v) is 3.96. The number of carbonyl (C=O) groups is 1. The minimum absolute atomic E-state index is 0.0792. The molecule has 2 amide bonds. The van der Waals surface area contributed by atoms with Crippen LogP contribution in [0.5, 0.6) is 0 Å². The van der Waals surface area contributed by atoms with Crippen molar-refractivity contribution in [3.8, 4) is 6.07 Å². The Bertz CT molecular complexity index is 535. The van der Waals surface area contributed by atoms with Gasteiger partial charge < -0.3 is 15.1 Å². The summed E-state index contributed by atoms with van der Waals surface area (Å²) in [5.74, 6) is 0. The van der Waals surface area contributed by atoms with Crippen molar-refractivity contribution >= 4 is 11.7 Å². The molecular weight excluding hydrogens is 264 g/mol. The second-order valence-corrected chi connectivity index (χ2v) is 5.66. The van der Waals surface area contributed by atoms with Gasteiger partial charge in [-0.25, -0.2) is 4.79 Å². The van der Waals surface area contributed by atoms with Gasteiger partial charge >= 0.3 is 6.03 Å². The molecular formula is C16H22N4O. The number of nitrogens with one attached hydrogen (secondary N) is 1. The molecule has 1 atom stereocenters. The number of likely N-dealkylation sites (tertiary alicyclic amines) is 1. The second-order valence-electron chi connectivity index (χ2n) is 5.66. The van der Waals surface area contributed by atoms with Crippen molar-refractivity contribution in [2.75, 3.05) is 32.5 Å². The summed E-state index contributed by atoms with van der Waals surface area (Å²) in [5.41, 5.74) is 1.23. The SMILES string of the molecule is CN(C)[C@@H]1CCCN(C(=O)Nc2cccc(C#N)c2)CC1. The molecule has 0 aliphatic carbocycles. The van der Waals surface area contributed by atoms with Gasteiger partial charge in [0.25, 0.3) is 0 Å². The molecule has 1 fully saturated rings. The largest absolute Gasteiger partial charge is 0.324 e. The van der Waals surface area contributed by atoms with Crippen molar-refractivity contribution in [1.82, 2.24) is 9.80 Å². The van der Waals surface area contributed by atoms with Crippen LogP contribution in [-0.4, -0.2) is 49.1 Å². The van der Waals surface area contributed by atoms with E-state index < -0.39 is 0 Å². The number of nitriles is 1. The summed E-state index contributed by atoms with van der Waals surface area (Å²) >= 11 is 0. The molecule has 0 saturated carbocycles. The Hall–Kier alpha value is -2.06. The summed E-state index contributed by atoms with van der Waals surface area (Å²) in [7, 11) is 4.18. The number of benzene rings is 1. The zero-order valence-corrected chi connectivity index (χ0v) is 12.7. The van der Waals surface area contributed by atoms with Gasteiger partial charge in [0.2, 0.25) is 0 Å². The van der Waals surface area contributed by atoms with Crippen LogP contribution in [0.15, 0.2) is 24.3 Å². The van der Waals surface area contributed by atoms with Crippen LogP contribution in [0, 0.1) is 11.3 Å². The lowest BCUT2D eigenvalue weighted by Gasteiger charge is -2.23. The summed E-state index contributed by atoms with van der Waals surface area (Å²) in [6.45, 7) is 1.56. The highest BCUT2D eigenvalue weighted by atomic mass is 16.2. The molecule has 0 spiro atoms. The van der Waals surface area contributed by atoms with Crippen LogP contribution >= 0.6 is 0 Å². The van der Waals surface area contributed by atoms with E-state index in [2.05, 4.69) is 30.4 Å². The fourth-order valence-electron chi connectivity index (χ4n) is 2.67. The number of hydrogen-bond acceptors (Lipinski definition) is 3. The van der Waals surface area contributed by atoms with Crippen LogP contribution < -0.4 is 5.32 Å². The van der Waals surface area contributed by atoms with Gasteiger partial charge in [-0.3, -0.25) is 0 Å². The van der Waals surface area contributed by atoms with E-state index in [4.69, 9.17) is 5.26 Å². The van der Waals surface area contributed by atoms with Gasteiger partial charge in [-0.05, 0) is 51.6 Å². The van der Waals surface area contributed by atoms with Crippen LogP contribution in [-0.2, 0) is 0 Å². The van der Waals surface area contributed by atoms with E-state index in [1.54, 1.807) is 24.3 Å². The molecule has 1 aromatic carbocycles. The zero-order valence-electron chi connectivity index (χ0n) is 12.7. The van der Waals surface area contributed by atoms with Crippen molar-refractivity contribution in [1.29, 1.82) is 5.26 Å². The van der Waals surface area contributed by atoms with Crippen LogP contribution in [0.1, 0.15) is 24.8 Å². The summed E-state index contributed by atoms with van der Waals surface area (Å²) in [4.78, 5) is 16.4.